The minimum absolute atomic E-state index is 0.0927. The van der Waals surface area contributed by atoms with Gasteiger partial charge in [-0.05, 0) is 42.0 Å². The van der Waals surface area contributed by atoms with Gasteiger partial charge in [-0.25, -0.2) is 4.39 Å². The summed E-state index contributed by atoms with van der Waals surface area (Å²) in [6, 6.07) is 15.8. The number of benzene rings is 2. The van der Waals surface area contributed by atoms with E-state index < -0.39 is 0 Å². The molecule has 2 aromatic rings. The molecule has 1 aliphatic rings. The summed E-state index contributed by atoms with van der Waals surface area (Å²) in [7, 11) is 0. The molecule has 0 radical (unpaired) electrons. The number of hydrogen-bond acceptors (Lipinski definition) is 2. The summed E-state index contributed by atoms with van der Waals surface area (Å²) in [5.74, 6) is -0.0884. The van der Waals surface area contributed by atoms with Gasteiger partial charge in [-0.2, -0.15) is 0 Å². The van der Waals surface area contributed by atoms with Gasteiger partial charge in [0.05, 0.1) is 12.5 Å². The molecule has 3 rings (SSSR count). The maximum absolute atomic E-state index is 13.3. The first-order chi connectivity index (χ1) is 13.6. The molecule has 1 fully saturated rings. The number of rotatable bonds is 8. The van der Waals surface area contributed by atoms with Gasteiger partial charge in [0.25, 0.3) is 0 Å². The fourth-order valence-electron chi connectivity index (χ4n) is 3.84. The molecule has 5 heteroatoms. The largest absolute Gasteiger partial charge is 0.355 e. The average Bonchev–Trinajstić information content (AvgIpc) is 3.22. The second-order valence-corrected chi connectivity index (χ2v) is 7.40. The van der Waals surface area contributed by atoms with Gasteiger partial charge in [0.15, 0.2) is 0 Å². The van der Waals surface area contributed by atoms with Gasteiger partial charge in [-0.15, -0.1) is 0 Å². The first-order valence-electron chi connectivity index (χ1n) is 9.97. The predicted molar refractivity (Wildman–Crippen MR) is 107 cm³/mol. The highest BCUT2D eigenvalue weighted by atomic mass is 19.1. The standard InChI is InChI=1S/C23H27FN2O2/c24-20-12-10-19(11-13-20)23(18-8-4-5-9-18)26-21(27)14-15-25-22(28)16-17-6-2-1-3-7-17/h1-3,6-7,10-13,18,23H,4-5,8-9,14-16H2,(H,25,28)(H,26,27). The van der Waals surface area contributed by atoms with Crippen LogP contribution in [0.25, 0.3) is 0 Å². The van der Waals surface area contributed by atoms with Crippen molar-refractivity contribution in [2.75, 3.05) is 6.54 Å². The Morgan fingerprint density at radius 1 is 0.964 bits per heavy atom. The highest BCUT2D eigenvalue weighted by Crippen LogP contribution is 2.35. The molecule has 2 aromatic carbocycles. The lowest BCUT2D eigenvalue weighted by Crippen LogP contribution is -2.35. The summed E-state index contributed by atoms with van der Waals surface area (Å²) in [5, 5.41) is 5.91. The Labute approximate surface area is 165 Å². The number of carbonyl (C=O) groups is 2. The Hall–Kier alpha value is -2.69. The van der Waals surface area contributed by atoms with E-state index in [1.165, 1.54) is 12.1 Å². The second kappa shape index (κ2) is 10.0. The Balaban J connectivity index is 1.49. The van der Waals surface area contributed by atoms with Crippen molar-refractivity contribution < 1.29 is 14.0 Å². The number of amides is 2. The molecular formula is C23H27FN2O2. The molecule has 1 aliphatic carbocycles. The van der Waals surface area contributed by atoms with E-state index in [0.29, 0.717) is 18.9 Å². The monoisotopic (exact) mass is 382 g/mol. The molecule has 28 heavy (non-hydrogen) atoms. The third-order valence-corrected chi connectivity index (χ3v) is 5.30. The van der Waals surface area contributed by atoms with Crippen molar-refractivity contribution >= 4 is 11.8 Å². The van der Waals surface area contributed by atoms with Crippen LogP contribution in [0.2, 0.25) is 0 Å². The highest BCUT2D eigenvalue weighted by Gasteiger charge is 2.27. The van der Waals surface area contributed by atoms with Crippen LogP contribution in [0.3, 0.4) is 0 Å². The van der Waals surface area contributed by atoms with Gasteiger partial charge in [0.1, 0.15) is 5.82 Å². The SMILES string of the molecule is O=C(Cc1ccccc1)NCCC(=O)NC(c1ccc(F)cc1)C1CCCC1. The quantitative estimate of drug-likeness (QED) is 0.727. The molecule has 0 aliphatic heterocycles. The lowest BCUT2D eigenvalue weighted by atomic mass is 9.91. The smallest absolute Gasteiger partial charge is 0.224 e. The molecule has 1 saturated carbocycles. The first kappa shape index (κ1) is 20.1. The lowest BCUT2D eigenvalue weighted by molar-refractivity contribution is -0.122. The number of nitrogens with one attached hydrogen (secondary N) is 2. The first-order valence-corrected chi connectivity index (χ1v) is 9.97. The van der Waals surface area contributed by atoms with Gasteiger partial charge < -0.3 is 10.6 Å². The highest BCUT2D eigenvalue weighted by molar-refractivity contribution is 5.80. The van der Waals surface area contributed by atoms with Gasteiger partial charge >= 0.3 is 0 Å². The third-order valence-electron chi connectivity index (χ3n) is 5.30. The van der Waals surface area contributed by atoms with Crippen LogP contribution in [0.4, 0.5) is 4.39 Å². The average molecular weight is 382 g/mol. The topological polar surface area (TPSA) is 58.2 Å². The summed E-state index contributed by atoms with van der Waals surface area (Å²) in [4.78, 5) is 24.5. The fourth-order valence-corrected chi connectivity index (χ4v) is 3.84. The summed E-state index contributed by atoms with van der Waals surface area (Å²) in [6.45, 7) is 0.304. The molecule has 0 aromatic heterocycles. The van der Waals surface area contributed by atoms with E-state index in [1.807, 2.05) is 30.3 Å². The second-order valence-electron chi connectivity index (χ2n) is 7.40. The number of carbonyl (C=O) groups excluding carboxylic acids is 2. The zero-order valence-corrected chi connectivity index (χ0v) is 16.0. The van der Waals surface area contributed by atoms with Crippen LogP contribution < -0.4 is 10.6 Å². The minimum Gasteiger partial charge on any atom is -0.355 e. The van der Waals surface area contributed by atoms with Gasteiger partial charge in [-0.1, -0.05) is 55.3 Å². The van der Waals surface area contributed by atoms with E-state index in [0.717, 1.165) is 36.8 Å². The molecule has 2 N–H and O–H groups in total. The van der Waals surface area contributed by atoms with Gasteiger partial charge in [-0.3, -0.25) is 9.59 Å². The number of hydrogen-bond donors (Lipinski definition) is 2. The third kappa shape index (κ3) is 5.91. The summed E-state index contributed by atoms with van der Waals surface area (Å²) >= 11 is 0. The lowest BCUT2D eigenvalue weighted by Gasteiger charge is -2.25. The van der Waals surface area contributed by atoms with Crippen LogP contribution in [-0.4, -0.2) is 18.4 Å². The van der Waals surface area contributed by atoms with Crippen LogP contribution >= 0.6 is 0 Å². The summed E-state index contributed by atoms with van der Waals surface area (Å²) < 4.78 is 13.3. The van der Waals surface area contributed by atoms with E-state index in [4.69, 9.17) is 0 Å². The molecule has 1 unspecified atom stereocenters. The number of halogens is 1. The fraction of sp³-hybridized carbons (Fsp3) is 0.391. The van der Waals surface area contributed by atoms with Crippen molar-refractivity contribution in [1.29, 1.82) is 0 Å². The molecular weight excluding hydrogens is 355 g/mol. The molecule has 148 valence electrons. The van der Waals surface area contributed by atoms with Crippen molar-refractivity contribution in [1.82, 2.24) is 10.6 Å². The zero-order chi connectivity index (χ0) is 19.8. The molecule has 0 heterocycles. The molecule has 0 spiro atoms. The molecule has 4 nitrogen and oxygen atoms in total. The van der Waals surface area contributed by atoms with Gasteiger partial charge in [0.2, 0.25) is 11.8 Å². The Morgan fingerprint density at radius 2 is 1.64 bits per heavy atom. The van der Waals surface area contributed by atoms with Crippen molar-refractivity contribution in [2.45, 2.75) is 44.6 Å². The Bertz CT molecular complexity index is 771. The zero-order valence-electron chi connectivity index (χ0n) is 16.0. The van der Waals surface area contributed by atoms with Gasteiger partial charge in [0, 0.05) is 13.0 Å². The summed E-state index contributed by atoms with van der Waals surface area (Å²) in [5.41, 5.74) is 1.89. The van der Waals surface area contributed by atoms with E-state index in [2.05, 4.69) is 10.6 Å². The van der Waals surface area contributed by atoms with Crippen LogP contribution in [-0.2, 0) is 16.0 Å². The van der Waals surface area contributed by atoms with E-state index >= 15 is 0 Å². The maximum Gasteiger partial charge on any atom is 0.224 e. The molecule has 0 bridgehead atoms. The van der Waals surface area contributed by atoms with E-state index in [9.17, 15) is 14.0 Å². The van der Waals surface area contributed by atoms with Crippen LogP contribution in [0.15, 0.2) is 54.6 Å². The van der Waals surface area contributed by atoms with E-state index in [-0.39, 0.29) is 30.1 Å². The normalized spacial score (nSPS) is 15.2. The van der Waals surface area contributed by atoms with E-state index in [1.54, 1.807) is 12.1 Å². The van der Waals surface area contributed by atoms with Crippen molar-refractivity contribution in [2.24, 2.45) is 5.92 Å². The van der Waals surface area contributed by atoms with Crippen molar-refractivity contribution in [3.05, 3.63) is 71.5 Å². The van der Waals surface area contributed by atoms with Crippen LogP contribution in [0.1, 0.15) is 49.3 Å². The Kier molecular flexibility index (Phi) is 7.18. The minimum atomic E-state index is -0.277. The van der Waals surface area contributed by atoms with Crippen molar-refractivity contribution in [3.63, 3.8) is 0 Å². The Morgan fingerprint density at radius 3 is 2.32 bits per heavy atom. The van der Waals surface area contributed by atoms with Crippen LogP contribution in [0.5, 0.6) is 0 Å². The van der Waals surface area contributed by atoms with Crippen LogP contribution in [0, 0.1) is 11.7 Å². The summed E-state index contributed by atoms with van der Waals surface area (Å²) in [6.07, 6.45) is 4.99. The predicted octanol–water partition coefficient (Wildman–Crippen LogP) is 3.92. The maximum atomic E-state index is 13.3. The molecule has 0 saturated heterocycles. The van der Waals surface area contributed by atoms with Crippen molar-refractivity contribution in [3.8, 4) is 0 Å². The molecule has 1 atom stereocenters. The molecule has 2 amide bonds.